The van der Waals surface area contributed by atoms with E-state index < -0.39 is 0 Å². The SMILES string of the molecule is CC(NC(=O)c1cnn(CCN2CCNCC2)c1OCC1CCCCC1)C1CC2CCCC(C2)C1. The van der Waals surface area contributed by atoms with Crippen LogP contribution in [0.2, 0.25) is 0 Å². The van der Waals surface area contributed by atoms with Crippen LogP contribution in [-0.4, -0.2) is 66.0 Å². The molecule has 4 aliphatic rings. The number of amides is 1. The summed E-state index contributed by atoms with van der Waals surface area (Å²) < 4.78 is 8.35. The smallest absolute Gasteiger partial charge is 0.258 e. The zero-order chi connectivity index (χ0) is 24.0. The topological polar surface area (TPSA) is 71.4 Å². The first kappa shape index (κ1) is 25.1. The molecule has 1 aromatic heterocycles. The molecular formula is C28H47N5O2. The molecule has 2 N–H and O–H groups in total. The maximum Gasteiger partial charge on any atom is 0.258 e. The van der Waals surface area contributed by atoms with Crippen molar-refractivity contribution in [3.8, 4) is 5.88 Å². The Morgan fingerprint density at radius 1 is 1.06 bits per heavy atom. The van der Waals surface area contributed by atoms with Crippen molar-refractivity contribution in [2.45, 2.75) is 90.1 Å². The second-order valence-corrected chi connectivity index (χ2v) is 11.9. The standard InChI is InChI=1S/C28H47N5O2/c1-21(25-17-23-8-5-9-24(16-23)18-25)31-27(34)26-19-30-33(15-14-32-12-10-29-11-13-32)28(26)35-20-22-6-3-2-4-7-22/h19,21-25,29H,2-18,20H2,1H3,(H,31,34). The third kappa shape index (κ3) is 6.59. The summed E-state index contributed by atoms with van der Waals surface area (Å²) in [4.78, 5) is 15.9. The molecule has 1 aromatic rings. The van der Waals surface area contributed by atoms with Gasteiger partial charge in [0.1, 0.15) is 5.56 Å². The molecule has 3 aliphatic carbocycles. The lowest BCUT2D eigenvalue weighted by Crippen LogP contribution is -2.44. The monoisotopic (exact) mass is 485 g/mol. The number of aromatic nitrogens is 2. The largest absolute Gasteiger partial charge is 0.477 e. The van der Waals surface area contributed by atoms with Crippen LogP contribution in [0.3, 0.4) is 0 Å². The summed E-state index contributed by atoms with van der Waals surface area (Å²) in [7, 11) is 0. The van der Waals surface area contributed by atoms with Gasteiger partial charge in [-0.05, 0) is 62.7 Å². The first-order valence-corrected chi connectivity index (χ1v) is 14.6. The average molecular weight is 486 g/mol. The number of carbonyl (C=O) groups is 1. The molecule has 0 aromatic carbocycles. The third-order valence-electron chi connectivity index (χ3n) is 9.28. The zero-order valence-corrected chi connectivity index (χ0v) is 21.9. The molecule has 1 saturated heterocycles. The summed E-state index contributed by atoms with van der Waals surface area (Å²) in [5, 5.41) is 11.4. The van der Waals surface area contributed by atoms with E-state index >= 15 is 0 Å². The maximum absolute atomic E-state index is 13.5. The molecule has 3 saturated carbocycles. The van der Waals surface area contributed by atoms with Gasteiger partial charge in [-0.1, -0.05) is 38.5 Å². The number of nitrogens with zero attached hydrogens (tertiary/aromatic N) is 3. The number of ether oxygens (including phenoxy) is 1. The van der Waals surface area contributed by atoms with Crippen LogP contribution in [0.1, 0.15) is 87.9 Å². The van der Waals surface area contributed by atoms with Crippen molar-refractivity contribution in [1.82, 2.24) is 25.3 Å². The van der Waals surface area contributed by atoms with Crippen LogP contribution in [0.4, 0.5) is 0 Å². The Morgan fingerprint density at radius 2 is 1.80 bits per heavy atom. The number of fused-ring (bicyclic) bond motifs is 2. The van der Waals surface area contributed by atoms with Crippen LogP contribution in [0.15, 0.2) is 6.20 Å². The van der Waals surface area contributed by atoms with Gasteiger partial charge in [0.25, 0.3) is 5.91 Å². The summed E-state index contributed by atoms with van der Waals surface area (Å²) in [5.41, 5.74) is 0.615. The van der Waals surface area contributed by atoms with Crippen LogP contribution >= 0.6 is 0 Å². The minimum atomic E-state index is -0.0136. The van der Waals surface area contributed by atoms with E-state index in [9.17, 15) is 4.79 Å². The minimum absolute atomic E-state index is 0.0136. The minimum Gasteiger partial charge on any atom is -0.477 e. The number of hydrogen-bond acceptors (Lipinski definition) is 5. The molecule has 35 heavy (non-hydrogen) atoms. The molecular weight excluding hydrogens is 438 g/mol. The summed E-state index contributed by atoms with van der Waals surface area (Å²) in [5.74, 6) is 3.59. The van der Waals surface area contributed by atoms with E-state index in [4.69, 9.17) is 4.74 Å². The van der Waals surface area contributed by atoms with E-state index in [1.165, 1.54) is 70.6 Å². The van der Waals surface area contributed by atoms with Gasteiger partial charge < -0.3 is 15.4 Å². The van der Waals surface area contributed by atoms with Gasteiger partial charge in [0.15, 0.2) is 0 Å². The number of carbonyl (C=O) groups excluding carboxylic acids is 1. The highest BCUT2D eigenvalue weighted by Gasteiger charge is 2.35. The van der Waals surface area contributed by atoms with E-state index in [0.717, 1.165) is 51.1 Å². The number of piperazine rings is 1. The predicted molar refractivity (Wildman–Crippen MR) is 139 cm³/mol. The summed E-state index contributed by atoms with van der Waals surface area (Å²) in [6.45, 7) is 8.81. The van der Waals surface area contributed by atoms with E-state index in [0.29, 0.717) is 29.9 Å². The van der Waals surface area contributed by atoms with Crippen molar-refractivity contribution in [2.24, 2.45) is 23.7 Å². The highest BCUT2D eigenvalue weighted by Crippen LogP contribution is 2.43. The maximum atomic E-state index is 13.5. The molecule has 0 radical (unpaired) electrons. The van der Waals surface area contributed by atoms with Gasteiger partial charge in [0, 0.05) is 38.8 Å². The molecule has 4 fully saturated rings. The van der Waals surface area contributed by atoms with Crippen LogP contribution in [0.5, 0.6) is 5.88 Å². The van der Waals surface area contributed by atoms with Gasteiger partial charge >= 0.3 is 0 Å². The summed E-state index contributed by atoms with van der Waals surface area (Å²) in [6.07, 6.45) is 16.3. The van der Waals surface area contributed by atoms with E-state index in [1.807, 2.05) is 4.68 Å². The van der Waals surface area contributed by atoms with E-state index in [1.54, 1.807) is 6.20 Å². The highest BCUT2D eigenvalue weighted by molar-refractivity contribution is 5.96. The van der Waals surface area contributed by atoms with Gasteiger partial charge in [-0.15, -0.1) is 0 Å². The number of nitrogens with one attached hydrogen (secondary N) is 2. The van der Waals surface area contributed by atoms with Gasteiger partial charge in [0.2, 0.25) is 5.88 Å². The van der Waals surface area contributed by atoms with E-state index in [2.05, 4.69) is 27.6 Å². The fraction of sp³-hybridized carbons (Fsp3) is 0.857. The van der Waals surface area contributed by atoms with Crippen LogP contribution in [0.25, 0.3) is 0 Å². The van der Waals surface area contributed by atoms with Crippen molar-refractivity contribution in [1.29, 1.82) is 0 Å². The molecule has 5 rings (SSSR count). The first-order valence-electron chi connectivity index (χ1n) is 14.6. The number of rotatable bonds is 9. The first-order chi connectivity index (χ1) is 17.2. The Hall–Kier alpha value is -1.60. The van der Waals surface area contributed by atoms with Crippen molar-refractivity contribution >= 4 is 5.91 Å². The van der Waals surface area contributed by atoms with Gasteiger partial charge in [0.05, 0.1) is 19.3 Å². The highest BCUT2D eigenvalue weighted by atomic mass is 16.5. The molecule has 0 spiro atoms. The van der Waals surface area contributed by atoms with Crippen LogP contribution in [-0.2, 0) is 6.54 Å². The Balaban J connectivity index is 1.24. The second kappa shape index (κ2) is 12.1. The molecule has 7 heteroatoms. The molecule has 7 nitrogen and oxygen atoms in total. The normalized spacial score (nSPS) is 29.0. The predicted octanol–water partition coefficient (Wildman–Crippen LogP) is 4.08. The summed E-state index contributed by atoms with van der Waals surface area (Å²) in [6, 6.07) is 0.196. The lowest BCUT2D eigenvalue weighted by molar-refractivity contribution is 0.0848. The second-order valence-electron chi connectivity index (χ2n) is 11.9. The Kier molecular flexibility index (Phi) is 8.66. The van der Waals surface area contributed by atoms with Crippen LogP contribution < -0.4 is 15.4 Å². The van der Waals surface area contributed by atoms with Crippen molar-refractivity contribution in [3.05, 3.63) is 11.8 Å². The van der Waals surface area contributed by atoms with Gasteiger partial charge in [-0.3, -0.25) is 9.69 Å². The van der Waals surface area contributed by atoms with Crippen molar-refractivity contribution < 1.29 is 9.53 Å². The number of hydrogen-bond donors (Lipinski definition) is 2. The molecule has 1 aliphatic heterocycles. The van der Waals surface area contributed by atoms with Gasteiger partial charge in [-0.2, -0.15) is 5.10 Å². The summed E-state index contributed by atoms with van der Waals surface area (Å²) >= 11 is 0. The fourth-order valence-corrected chi connectivity index (χ4v) is 7.16. The molecule has 1 amide bonds. The van der Waals surface area contributed by atoms with Crippen molar-refractivity contribution in [3.63, 3.8) is 0 Å². The third-order valence-corrected chi connectivity index (χ3v) is 9.28. The Morgan fingerprint density at radius 3 is 2.54 bits per heavy atom. The fourth-order valence-electron chi connectivity index (χ4n) is 7.16. The van der Waals surface area contributed by atoms with Crippen LogP contribution in [0, 0.1) is 23.7 Å². The molecule has 2 heterocycles. The van der Waals surface area contributed by atoms with E-state index in [-0.39, 0.29) is 11.9 Å². The molecule has 2 bridgehead atoms. The molecule has 196 valence electrons. The Bertz CT molecular complexity index is 802. The van der Waals surface area contributed by atoms with Gasteiger partial charge in [-0.25, -0.2) is 4.68 Å². The Labute approximate surface area is 211 Å². The lowest BCUT2D eigenvalue weighted by Gasteiger charge is -2.41. The lowest BCUT2D eigenvalue weighted by atomic mass is 9.66. The quantitative estimate of drug-likeness (QED) is 0.551. The molecule has 3 atom stereocenters. The van der Waals surface area contributed by atoms with Crippen molar-refractivity contribution in [2.75, 3.05) is 39.3 Å². The molecule has 3 unspecified atom stereocenters. The average Bonchev–Trinajstić information content (AvgIpc) is 3.30. The zero-order valence-electron chi connectivity index (χ0n) is 21.9.